The number of aromatic hydroxyl groups is 1. The maximum atomic E-state index is 9.73. The molecule has 0 unspecified atom stereocenters. The SMILES string of the molecule is COc1cc(/C=N/n2c(-c3cc(OC)c(OC)c(OC)c3)n[nH]c2=S)ccc1O. The third-order valence-corrected chi connectivity index (χ3v) is 4.36. The first kappa shape index (κ1) is 20.2. The summed E-state index contributed by atoms with van der Waals surface area (Å²) in [5, 5.41) is 21.1. The highest BCUT2D eigenvalue weighted by atomic mass is 32.1. The van der Waals surface area contributed by atoms with Crippen LogP contribution in [0, 0.1) is 4.77 Å². The van der Waals surface area contributed by atoms with Crippen molar-refractivity contribution in [3.05, 3.63) is 40.7 Å². The molecule has 0 bridgehead atoms. The Labute approximate surface area is 172 Å². The van der Waals surface area contributed by atoms with Gasteiger partial charge in [0.2, 0.25) is 10.5 Å². The van der Waals surface area contributed by atoms with Crippen LogP contribution in [0.2, 0.25) is 0 Å². The number of H-pyrrole nitrogens is 1. The van der Waals surface area contributed by atoms with Gasteiger partial charge in [-0.15, -0.1) is 0 Å². The van der Waals surface area contributed by atoms with Gasteiger partial charge in [-0.05, 0) is 48.1 Å². The number of phenols is 1. The fourth-order valence-corrected chi connectivity index (χ4v) is 2.87. The molecule has 0 spiro atoms. The number of phenolic OH excluding ortho intramolecular Hbond substituents is 1. The molecule has 1 aromatic heterocycles. The van der Waals surface area contributed by atoms with Crippen molar-refractivity contribution in [2.75, 3.05) is 28.4 Å². The second-order valence-corrected chi connectivity index (χ2v) is 6.14. The van der Waals surface area contributed by atoms with Crippen LogP contribution in [-0.4, -0.2) is 54.6 Å². The summed E-state index contributed by atoms with van der Waals surface area (Å²) < 4.78 is 23.0. The Morgan fingerprint density at radius 2 is 1.66 bits per heavy atom. The molecule has 2 N–H and O–H groups in total. The monoisotopic (exact) mass is 416 g/mol. The Kier molecular flexibility index (Phi) is 6.03. The Morgan fingerprint density at radius 3 is 2.24 bits per heavy atom. The molecule has 0 aliphatic heterocycles. The Balaban J connectivity index is 2.06. The number of benzene rings is 2. The van der Waals surface area contributed by atoms with Gasteiger partial charge < -0.3 is 24.1 Å². The summed E-state index contributed by atoms with van der Waals surface area (Å²) in [6, 6.07) is 8.38. The maximum Gasteiger partial charge on any atom is 0.216 e. The molecule has 3 aromatic rings. The van der Waals surface area contributed by atoms with Crippen LogP contribution in [0.25, 0.3) is 11.4 Å². The lowest BCUT2D eigenvalue weighted by atomic mass is 10.1. The first-order valence-electron chi connectivity index (χ1n) is 8.41. The number of nitrogens with zero attached hydrogens (tertiary/aromatic N) is 3. The van der Waals surface area contributed by atoms with Crippen LogP contribution < -0.4 is 18.9 Å². The average Bonchev–Trinajstić information content (AvgIpc) is 3.12. The standard InChI is InChI=1S/C19H20N4O5S/c1-25-14-7-11(5-6-13(14)24)10-20-23-18(21-22-19(23)29)12-8-15(26-2)17(28-4)16(9-12)27-3/h5-10,24H,1-4H3,(H,22,29)/b20-10+. The average molecular weight is 416 g/mol. The summed E-state index contributed by atoms with van der Waals surface area (Å²) in [5.41, 5.74) is 1.37. The molecule has 1 heterocycles. The number of methoxy groups -OCH3 is 4. The molecule has 0 amide bonds. The Bertz CT molecular complexity index is 1080. The minimum atomic E-state index is 0.0442. The third kappa shape index (κ3) is 4.02. The highest BCUT2D eigenvalue weighted by molar-refractivity contribution is 7.71. The van der Waals surface area contributed by atoms with E-state index >= 15 is 0 Å². The van der Waals surface area contributed by atoms with Gasteiger partial charge in [0.1, 0.15) is 0 Å². The van der Waals surface area contributed by atoms with Crippen LogP contribution >= 0.6 is 12.2 Å². The highest BCUT2D eigenvalue weighted by Crippen LogP contribution is 2.40. The number of ether oxygens (including phenoxy) is 4. The fourth-order valence-electron chi connectivity index (χ4n) is 2.69. The van der Waals surface area contributed by atoms with Crippen molar-refractivity contribution in [2.24, 2.45) is 5.10 Å². The van der Waals surface area contributed by atoms with Crippen LogP contribution in [0.15, 0.2) is 35.4 Å². The second-order valence-electron chi connectivity index (χ2n) is 5.75. The molecular formula is C19H20N4O5S. The lowest BCUT2D eigenvalue weighted by Crippen LogP contribution is -1.99. The summed E-state index contributed by atoms with van der Waals surface area (Å²) in [7, 11) is 6.08. The Hall–Kier alpha value is -3.53. The van der Waals surface area contributed by atoms with Gasteiger partial charge in [-0.3, -0.25) is 0 Å². The van der Waals surface area contributed by atoms with E-state index in [-0.39, 0.29) is 5.75 Å². The van der Waals surface area contributed by atoms with E-state index in [1.54, 1.807) is 30.5 Å². The van der Waals surface area contributed by atoms with E-state index in [4.69, 9.17) is 31.2 Å². The van der Waals surface area contributed by atoms with Gasteiger partial charge in [0.15, 0.2) is 28.8 Å². The lowest BCUT2D eigenvalue weighted by molar-refractivity contribution is 0.324. The predicted molar refractivity (Wildman–Crippen MR) is 110 cm³/mol. The van der Waals surface area contributed by atoms with E-state index in [1.807, 2.05) is 0 Å². The minimum absolute atomic E-state index is 0.0442. The molecule has 0 fully saturated rings. The van der Waals surface area contributed by atoms with Gasteiger partial charge >= 0.3 is 0 Å². The molecule has 10 heteroatoms. The zero-order valence-electron chi connectivity index (χ0n) is 16.3. The van der Waals surface area contributed by atoms with Gasteiger partial charge in [-0.25, -0.2) is 5.10 Å². The van der Waals surface area contributed by atoms with Crippen molar-refractivity contribution in [1.29, 1.82) is 0 Å². The van der Waals surface area contributed by atoms with Gasteiger partial charge in [-0.2, -0.15) is 14.9 Å². The molecule has 29 heavy (non-hydrogen) atoms. The predicted octanol–water partition coefficient (Wildman–Crippen LogP) is 3.23. The van der Waals surface area contributed by atoms with Crippen molar-refractivity contribution < 1.29 is 24.1 Å². The number of aromatic nitrogens is 3. The van der Waals surface area contributed by atoms with Crippen LogP contribution in [0.3, 0.4) is 0 Å². The summed E-state index contributed by atoms with van der Waals surface area (Å²) in [6.07, 6.45) is 1.58. The number of nitrogens with one attached hydrogen (secondary N) is 1. The van der Waals surface area contributed by atoms with Gasteiger partial charge in [-0.1, -0.05) is 0 Å². The molecule has 0 atom stereocenters. The first-order chi connectivity index (χ1) is 14.0. The summed E-state index contributed by atoms with van der Waals surface area (Å²) in [6.45, 7) is 0. The number of hydrogen-bond donors (Lipinski definition) is 2. The van der Waals surface area contributed by atoms with E-state index in [1.165, 1.54) is 39.2 Å². The van der Waals surface area contributed by atoms with E-state index in [0.717, 1.165) is 0 Å². The smallest absolute Gasteiger partial charge is 0.216 e. The van der Waals surface area contributed by atoms with Gasteiger partial charge in [0, 0.05) is 5.56 Å². The van der Waals surface area contributed by atoms with Crippen LogP contribution in [-0.2, 0) is 0 Å². The van der Waals surface area contributed by atoms with E-state index in [0.29, 0.717) is 44.7 Å². The summed E-state index contributed by atoms with van der Waals surface area (Å²) in [4.78, 5) is 0. The normalized spacial score (nSPS) is 10.9. The largest absolute Gasteiger partial charge is 0.504 e. The van der Waals surface area contributed by atoms with Gasteiger partial charge in [0.25, 0.3) is 0 Å². The number of rotatable bonds is 7. The molecule has 2 aromatic carbocycles. The Morgan fingerprint density at radius 1 is 1.00 bits per heavy atom. The van der Waals surface area contributed by atoms with E-state index in [2.05, 4.69) is 15.3 Å². The topological polar surface area (TPSA) is 103 Å². The number of aromatic amines is 1. The van der Waals surface area contributed by atoms with Crippen molar-refractivity contribution in [1.82, 2.24) is 14.9 Å². The van der Waals surface area contributed by atoms with Crippen LogP contribution in [0.4, 0.5) is 0 Å². The van der Waals surface area contributed by atoms with E-state index in [9.17, 15) is 5.11 Å². The third-order valence-electron chi connectivity index (χ3n) is 4.10. The minimum Gasteiger partial charge on any atom is -0.504 e. The zero-order valence-corrected chi connectivity index (χ0v) is 17.1. The second kappa shape index (κ2) is 8.65. The molecule has 0 aliphatic carbocycles. The molecule has 0 saturated carbocycles. The highest BCUT2D eigenvalue weighted by Gasteiger charge is 2.17. The van der Waals surface area contributed by atoms with Gasteiger partial charge in [0.05, 0.1) is 34.7 Å². The molecule has 152 valence electrons. The van der Waals surface area contributed by atoms with Crippen molar-refractivity contribution >= 4 is 18.4 Å². The molecular weight excluding hydrogens is 396 g/mol. The van der Waals surface area contributed by atoms with E-state index < -0.39 is 0 Å². The first-order valence-corrected chi connectivity index (χ1v) is 8.82. The van der Waals surface area contributed by atoms with Crippen molar-refractivity contribution in [3.8, 4) is 40.1 Å². The van der Waals surface area contributed by atoms with Crippen molar-refractivity contribution in [3.63, 3.8) is 0 Å². The summed E-state index contributed by atoms with van der Waals surface area (Å²) in [5.74, 6) is 2.27. The summed E-state index contributed by atoms with van der Waals surface area (Å²) >= 11 is 5.31. The molecule has 0 radical (unpaired) electrons. The van der Waals surface area contributed by atoms with Crippen LogP contribution in [0.1, 0.15) is 5.56 Å². The maximum absolute atomic E-state index is 9.73. The molecule has 0 aliphatic rings. The number of hydrogen-bond acceptors (Lipinski definition) is 8. The zero-order chi connectivity index (χ0) is 21.0. The van der Waals surface area contributed by atoms with Crippen molar-refractivity contribution in [2.45, 2.75) is 0 Å². The lowest BCUT2D eigenvalue weighted by Gasteiger charge is -2.13. The quantitative estimate of drug-likeness (QED) is 0.450. The molecule has 9 nitrogen and oxygen atoms in total. The molecule has 3 rings (SSSR count). The van der Waals surface area contributed by atoms with Crippen LogP contribution in [0.5, 0.6) is 28.7 Å². The fraction of sp³-hybridized carbons (Fsp3) is 0.211. The molecule has 0 saturated heterocycles.